The lowest BCUT2D eigenvalue weighted by atomic mass is 10.2. The molecule has 3 aromatic rings. The molecule has 0 fully saturated rings. The molecule has 0 radical (unpaired) electrons. The molecule has 1 aromatic carbocycles. The lowest BCUT2D eigenvalue weighted by molar-refractivity contribution is 0.0526. The highest BCUT2D eigenvalue weighted by Crippen LogP contribution is 2.14. The molecular weight excluding hydrogens is 368 g/mol. The van der Waals surface area contributed by atoms with Crippen molar-refractivity contribution in [2.24, 2.45) is 0 Å². The third-order valence-corrected chi connectivity index (χ3v) is 4.09. The summed E-state index contributed by atoms with van der Waals surface area (Å²) in [5.74, 6) is -0.391. The number of nitrogens with one attached hydrogen (secondary N) is 1. The SMILES string of the molecule is CCOC(=O)c1ccc(NC(=O)N(Cc2ccccn2)Cc2ccccn2)cc1. The Morgan fingerprint density at radius 1 is 0.897 bits per heavy atom. The van der Waals surface area contributed by atoms with E-state index in [1.165, 1.54) is 0 Å². The van der Waals surface area contributed by atoms with Gasteiger partial charge in [0.05, 0.1) is 36.6 Å². The molecule has 7 heteroatoms. The van der Waals surface area contributed by atoms with Crippen molar-refractivity contribution in [1.82, 2.24) is 14.9 Å². The quantitative estimate of drug-likeness (QED) is 0.619. The lowest BCUT2D eigenvalue weighted by Gasteiger charge is -2.22. The number of nitrogens with zero attached hydrogens (tertiary/aromatic N) is 3. The summed E-state index contributed by atoms with van der Waals surface area (Å²) in [6.45, 7) is 2.74. The molecule has 2 heterocycles. The minimum atomic E-state index is -0.391. The van der Waals surface area contributed by atoms with Crippen molar-refractivity contribution >= 4 is 17.7 Å². The highest BCUT2D eigenvalue weighted by atomic mass is 16.5. The van der Waals surface area contributed by atoms with Crippen LogP contribution in [0.15, 0.2) is 73.1 Å². The van der Waals surface area contributed by atoms with Gasteiger partial charge in [0.1, 0.15) is 0 Å². The first kappa shape index (κ1) is 20.0. The summed E-state index contributed by atoms with van der Waals surface area (Å²) in [6.07, 6.45) is 3.39. The van der Waals surface area contributed by atoms with Crippen LogP contribution < -0.4 is 5.32 Å². The second kappa shape index (κ2) is 9.98. The molecule has 148 valence electrons. The first-order valence-electron chi connectivity index (χ1n) is 9.28. The molecule has 0 aliphatic carbocycles. The molecule has 0 bridgehead atoms. The van der Waals surface area contributed by atoms with Crippen LogP contribution in [0, 0.1) is 0 Å². The number of hydrogen-bond donors (Lipinski definition) is 1. The summed E-state index contributed by atoms with van der Waals surface area (Å²) >= 11 is 0. The van der Waals surface area contributed by atoms with E-state index < -0.39 is 5.97 Å². The van der Waals surface area contributed by atoms with Crippen molar-refractivity contribution < 1.29 is 14.3 Å². The fourth-order valence-corrected chi connectivity index (χ4v) is 2.68. The Bertz CT molecular complexity index is 890. The van der Waals surface area contributed by atoms with Crippen LogP contribution in [-0.2, 0) is 17.8 Å². The maximum absolute atomic E-state index is 12.9. The topological polar surface area (TPSA) is 84.4 Å². The van der Waals surface area contributed by atoms with E-state index in [1.807, 2.05) is 36.4 Å². The third-order valence-electron chi connectivity index (χ3n) is 4.09. The largest absolute Gasteiger partial charge is 0.462 e. The van der Waals surface area contributed by atoms with Gasteiger partial charge in [-0.3, -0.25) is 9.97 Å². The molecule has 0 aliphatic rings. The van der Waals surface area contributed by atoms with Crippen LogP contribution in [0.1, 0.15) is 28.7 Å². The summed E-state index contributed by atoms with van der Waals surface area (Å²) in [7, 11) is 0. The maximum atomic E-state index is 12.9. The van der Waals surface area contributed by atoms with Gasteiger partial charge in [-0.25, -0.2) is 9.59 Å². The molecule has 0 unspecified atom stereocenters. The van der Waals surface area contributed by atoms with Gasteiger partial charge >= 0.3 is 12.0 Å². The van der Waals surface area contributed by atoms with Gasteiger partial charge in [0.25, 0.3) is 0 Å². The maximum Gasteiger partial charge on any atom is 0.338 e. The van der Waals surface area contributed by atoms with Crippen molar-refractivity contribution in [2.75, 3.05) is 11.9 Å². The van der Waals surface area contributed by atoms with E-state index in [2.05, 4.69) is 15.3 Å². The molecule has 29 heavy (non-hydrogen) atoms. The zero-order valence-electron chi connectivity index (χ0n) is 16.1. The number of hydrogen-bond acceptors (Lipinski definition) is 5. The van der Waals surface area contributed by atoms with Gasteiger partial charge in [-0.1, -0.05) is 12.1 Å². The molecular formula is C22H22N4O3. The highest BCUT2D eigenvalue weighted by molar-refractivity contribution is 5.92. The molecule has 0 spiro atoms. The fourth-order valence-electron chi connectivity index (χ4n) is 2.68. The third kappa shape index (κ3) is 5.87. The van der Waals surface area contributed by atoms with Gasteiger partial charge in [0.2, 0.25) is 0 Å². The van der Waals surface area contributed by atoms with E-state index >= 15 is 0 Å². The number of amides is 2. The van der Waals surface area contributed by atoms with Crippen LogP contribution >= 0.6 is 0 Å². The van der Waals surface area contributed by atoms with Crippen LogP contribution in [0.3, 0.4) is 0 Å². The zero-order chi connectivity index (χ0) is 20.5. The first-order chi connectivity index (χ1) is 14.2. The number of carbonyl (C=O) groups excluding carboxylic acids is 2. The molecule has 7 nitrogen and oxygen atoms in total. The Morgan fingerprint density at radius 3 is 1.97 bits per heavy atom. The molecule has 0 saturated heterocycles. The van der Waals surface area contributed by atoms with Crippen LogP contribution in [0.25, 0.3) is 0 Å². The molecule has 0 atom stereocenters. The van der Waals surface area contributed by atoms with E-state index in [0.717, 1.165) is 11.4 Å². The van der Waals surface area contributed by atoms with Gasteiger partial charge < -0.3 is 15.0 Å². The summed E-state index contributed by atoms with van der Waals surface area (Å²) in [5, 5.41) is 2.86. The first-order valence-corrected chi connectivity index (χ1v) is 9.28. The minimum absolute atomic E-state index is 0.287. The van der Waals surface area contributed by atoms with Gasteiger partial charge in [-0.15, -0.1) is 0 Å². The molecule has 0 saturated carbocycles. The summed E-state index contributed by atoms with van der Waals surface area (Å²) in [5.41, 5.74) is 2.56. The lowest BCUT2D eigenvalue weighted by Crippen LogP contribution is -2.34. The molecule has 2 amide bonds. The smallest absolute Gasteiger partial charge is 0.338 e. The van der Waals surface area contributed by atoms with Crippen LogP contribution in [0.5, 0.6) is 0 Å². The Kier molecular flexibility index (Phi) is 6.89. The van der Waals surface area contributed by atoms with Crippen LogP contribution in [0.2, 0.25) is 0 Å². The molecule has 1 N–H and O–H groups in total. The second-order valence-corrected chi connectivity index (χ2v) is 6.23. The minimum Gasteiger partial charge on any atom is -0.462 e. The van der Waals surface area contributed by atoms with E-state index in [4.69, 9.17) is 4.74 Å². The van der Waals surface area contributed by atoms with Crippen molar-refractivity contribution in [3.63, 3.8) is 0 Å². The van der Waals surface area contributed by atoms with Crippen molar-refractivity contribution in [3.05, 3.63) is 90.0 Å². The monoisotopic (exact) mass is 390 g/mol. The average molecular weight is 390 g/mol. The number of anilines is 1. The Morgan fingerprint density at radius 2 is 1.48 bits per heavy atom. The van der Waals surface area contributed by atoms with Crippen molar-refractivity contribution in [2.45, 2.75) is 20.0 Å². The van der Waals surface area contributed by atoms with Gasteiger partial charge in [-0.2, -0.15) is 0 Å². The normalized spacial score (nSPS) is 10.2. The van der Waals surface area contributed by atoms with Crippen molar-refractivity contribution in [1.29, 1.82) is 0 Å². The summed E-state index contributed by atoms with van der Waals surface area (Å²) in [6, 6.07) is 17.5. The molecule has 2 aromatic heterocycles. The predicted molar refractivity (Wildman–Crippen MR) is 109 cm³/mol. The van der Waals surface area contributed by atoms with Gasteiger partial charge in [0, 0.05) is 18.1 Å². The fraction of sp³-hybridized carbons (Fsp3) is 0.182. The standard InChI is InChI=1S/C22H22N4O3/c1-2-29-21(27)17-9-11-18(12-10-17)25-22(28)26(15-19-7-3-5-13-23-19)16-20-8-4-6-14-24-20/h3-14H,2,15-16H2,1H3,(H,25,28). The zero-order valence-corrected chi connectivity index (χ0v) is 16.1. The Labute approximate surface area is 169 Å². The van der Waals surface area contributed by atoms with E-state index in [9.17, 15) is 9.59 Å². The van der Waals surface area contributed by atoms with Crippen LogP contribution in [0.4, 0.5) is 10.5 Å². The molecule has 0 aliphatic heterocycles. The number of aromatic nitrogens is 2. The highest BCUT2D eigenvalue weighted by Gasteiger charge is 2.16. The van der Waals surface area contributed by atoms with Gasteiger partial charge in [-0.05, 0) is 55.5 Å². The van der Waals surface area contributed by atoms with Crippen molar-refractivity contribution in [3.8, 4) is 0 Å². The van der Waals surface area contributed by atoms with E-state index in [0.29, 0.717) is 30.9 Å². The number of esters is 1. The number of rotatable bonds is 7. The number of ether oxygens (including phenoxy) is 1. The Hall–Kier alpha value is -3.74. The number of benzene rings is 1. The number of urea groups is 1. The molecule has 3 rings (SSSR count). The van der Waals surface area contributed by atoms with E-state index in [-0.39, 0.29) is 6.03 Å². The summed E-state index contributed by atoms with van der Waals surface area (Å²) in [4.78, 5) is 34.9. The number of carbonyl (C=O) groups is 2. The Balaban J connectivity index is 1.72. The second-order valence-electron chi connectivity index (χ2n) is 6.23. The van der Waals surface area contributed by atoms with Crippen LogP contribution in [-0.4, -0.2) is 33.5 Å². The number of pyridine rings is 2. The average Bonchev–Trinajstić information content (AvgIpc) is 2.75. The van der Waals surface area contributed by atoms with Gasteiger partial charge in [0.15, 0.2) is 0 Å². The van der Waals surface area contributed by atoms with E-state index in [1.54, 1.807) is 48.5 Å². The summed E-state index contributed by atoms with van der Waals surface area (Å²) < 4.78 is 4.97. The predicted octanol–water partition coefficient (Wildman–Crippen LogP) is 3.89.